The summed E-state index contributed by atoms with van der Waals surface area (Å²) in [5.41, 5.74) is 3.76. The Balaban J connectivity index is 0. The molecule has 33 heavy (non-hydrogen) atoms. The molecule has 0 aliphatic rings. The van der Waals surface area contributed by atoms with Crippen molar-refractivity contribution in [3.05, 3.63) is 109 Å². The second-order valence-electron chi connectivity index (χ2n) is 6.03. The molecule has 0 bridgehead atoms. The highest BCUT2D eigenvalue weighted by atomic mass is 15.1. The molecule has 0 saturated heterocycles. The molecular weight excluding hydrogens is 398 g/mol. The molecule has 4 rings (SSSR count). The first-order valence-corrected chi connectivity index (χ1v) is 12.5. The molecule has 180 valence electrons. The molecule has 0 fully saturated rings. The summed E-state index contributed by atoms with van der Waals surface area (Å²) in [4.78, 5) is 2.17. The highest BCUT2D eigenvalue weighted by Gasteiger charge is 2.00. The van der Waals surface area contributed by atoms with Crippen molar-refractivity contribution in [3.63, 3.8) is 0 Å². The molecule has 0 heterocycles. The van der Waals surface area contributed by atoms with Crippen LogP contribution in [0, 0.1) is 6.92 Å². The fourth-order valence-electron chi connectivity index (χ4n) is 2.84. The Hall–Kier alpha value is -3.06. The SMILES string of the molecule is CC.CC.CC.CC.CN(c1ccccc1)c1ccccc1.Cc1cccc2ccccc12. The van der Waals surface area contributed by atoms with E-state index in [1.807, 2.05) is 67.5 Å². The van der Waals surface area contributed by atoms with E-state index in [4.69, 9.17) is 0 Å². The molecule has 4 aromatic carbocycles. The molecule has 0 amide bonds. The third-order valence-corrected chi connectivity index (χ3v) is 4.29. The van der Waals surface area contributed by atoms with Crippen LogP contribution < -0.4 is 4.90 Å². The van der Waals surface area contributed by atoms with Gasteiger partial charge in [-0.1, -0.05) is 134 Å². The Morgan fingerprint density at radius 3 is 1.21 bits per heavy atom. The third-order valence-electron chi connectivity index (χ3n) is 4.29. The van der Waals surface area contributed by atoms with Gasteiger partial charge >= 0.3 is 0 Å². The van der Waals surface area contributed by atoms with E-state index >= 15 is 0 Å². The summed E-state index contributed by atoms with van der Waals surface area (Å²) in [6, 6.07) is 35.5. The van der Waals surface area contributed by atoms with Crippen molar-refractivity contribution < 1.29 is 0 Å². The van der Waals surface area contributed by atoms with Crippen LogP contribution in [-0.4, -0.2) is 7.05 Å². The molecule has 0 spiro atoms. The van der Waals surface area contributed by atoms with Gasteiger partial charge in [0.25, 0.3) is 0 Å². The van der Waals surface area contributed by atoms with E-state index in [1.54, 1.807) is 0 Å². The lowest BCUT2D eigenvalue weighted by atomic mass is 10.1. The number of nitrogens with zero attached hydrogens (tertiary/aromatic N) is 1. The minimum atomic E-state index is 1.21. The summed E-state index contributed by atoms with van der Waals surface area (Å²) < 4.78 is 0. The molecule has 0 aromatic heterocycles. The summed E-state index contributed by atoms with van der Waals surface area (Å²) in [5, 5.41) is 2.68. The Bertz CT molecular complexity index is 870. The first-order chi connectivity index (χ1) is 16.3. The zero-order valence-electron chi connectivity index (χ0n) is 22.8. The van der Waals surface area contributed by atoms with Gasteiger partial charge in [-0.2, -0.15) is 0 Å². The van der Waals surface area contributed by atoms with Crippen LogP contribution in [0.3, 0.4) is 0 Å². The molecule has 1 heteroatoms. The van der Waals surface area contributed by atoms with Crippen molar-refractivity contribution in [1.29, 1.82) is 0 Å². The molecule has 0 radical (unpaired) electrons. The van der Waals surface area contributed by atoms with Gasteiger partial charge in [0.05, 0.1) is 0 Å². The van der Waals surface area contributed by atoms with Gasteiger partial charge in [0.2, 0.25) is 0 Å². The van der Waals surface area contributed by atoms with Crippen LogP contribution in [0.1, 0.15) is 61.0 Å². The maximum atomic E-state index is 2.17. The van der Waals surface area contributed by atoms with Gasteiger partial charge in [-0.15, -0.1) is 0 Å². The molecule has 1 nitrogen and oxygen atoms in total. The number of anilines is 2. The first-order valence-electron chi connectivity index (χ1n) is 12.5. The van der Waals surface area contributed by atoms with E-state index in [0.29, 0.717) is 0 Å². The van der Waals surface area contributed by atoms with Gasteiger partial charge in [0.1, 0.15) is 0 Å². The van der Waals surface area contributed by atoms with Gasteiger partial charge in [0.15, 0.2) is 0 Å². The largest absolute Gasteiger partial charge is 0.345 e. The monoisotopic (exact) mass is 445 g/mol. The van der Waals surface area contributed by atoms with Crippen LogP contribution in [0.25, 0.3) is 10.8 Å². The number of para-hydroxylation sites is 2. The Labute approximate surface area is 205 Å². The summed E-state index contributed by atoms with van der Waals surface area (Å²) in [7, 11) is 2.07. The lowest BCUT2D eigenvalue weighted by Gasteiger charge is -2.18. The van der Waals surface area contributed by atoms with E-state index in [2.05, 4.69) is 110 Å². The molecule has 0 unspecified atom stereocenters. The smallest absolute Gasteiger partial charge is 0.0408 e. The summed E-state index contributed by atoms with van der Waals surface area (Å²) >= 11 is 0. The van der Waals surface area contributed by atoms with Gasteiger partial charge in [-0.3, -0.25) is 0 Å². The molecular formula is C32H47N. The minimum Gasteiger partial charge on any atom is -0.345 e. The highest BCUT2D eigenvalue weighted by molar-refractivity contribution is 5.85. The zero-order valence-corrected chi connectivity index (χ0v) is 22.8. The lowest BCUT2D eigenvalue weighted by Crippen LogP contribution is -2.08. The number of fused-ring (bicyclic) bond motifs is 1. The van der Waals surface area contributed by atoms with Crippen LogP contribution in [0.5, 0.6) is 0 Å². The predicted octanol–water partition coefficient (Wildman–Crippen LogP) is 10.7. The second kappa shape index (κ2) is 22.1. The van der Waals surface area contributed by atoms with E-state index in [0.717, 1.165) is 0 Å². The van der Waals surface area contributed by atoms with Crippen LogP contribution in [0.2, 0.25) is 0 Å². The van der Waals surface area contributed by atoms with Crippen molar-refractivity contribution in [2.24, 2.45) is 0 Å². The predicted molar refractivity (Wildman–Crippen MR) is 155 cm³/mol. The number of hydrogen-bond acceptors (Lipinski definition) is 1. The molecule has 0 atom stereocenters. The second-order valence-corrected chi connectivity index (χ2v) is 6.03. The van der Waals surface area contributed by atoms with Crippen LogP contribution in [0.4, 0.5) is 11.4 Å². The van der Waals surface area contributed by atoms with Crippen molar-refractivity contribution >= 4 is 22.1 Å². The van der Waals surface area contributed by atoms with E-state index < -0.39 is 0 Å². The molecule has 0 N–H and O–H groups in total. The van der Waals surface area contributed by atoms with E-state index in [1.165, 1.54) is 27.7 Å². The fraction of sp³-hybridized carbons (Fsp3) is 0.312. The van der Waals surface area contributed by atoms with Gasteiger partial charge < -0.3 is 4.90 Å². The number of aryl methyl sites for hydroxylation is 1. The molecule has 4 aromatic rings. The highest BCUT2D eigenvalue weighted by Crippen LogP contribution is 2.22. The normalized spacial score (nSPS) is 8.30. The van der Waals surface area contributed by atoms with Gasteiger partial charge in [0, 0.05) is 18.4 Å². The lowest BCUT2D eigenvalue weighted by molar-refractivity contribution is 1.21. The quantitative estimate of drug-likeness (QED) is 0.296. The first kappa shape index (κ1) is 32.1. The number of rotatable bonds is 2. The zero-order chi connectivity index (χ0) is 25.5. The summed E-state index contributed by atoms with van der Waals surface area (Å²) in [6.45, 7) is 18.1. The third kappa shape index (κ3) is 11.9. The minimum absolute atomic E-state index is 1.21. The van der Waals surface area contributed by atoms with Crippen molar-refractivity contribution in [2.45, 2.75) is 62.3 Å². The summed E-state index contributed by atoms with van der Waals surface area (Å²) in [6.07, 6.45) is 0. The maximum absolute atomic E-state index is 2.17. The molecule has 0 aliphatic carbocycles. The maximum Gasteiger partial charge on any atom is 0.0408 e. The van der Waals surface area contributed by atoms with Gasteiger partial charge in [-0.05, 0) is 47.5 Å². The molecule has 0 saturated carbocycles. The van der Waals surface area contributed by atoms with Crippen molar-refractivity contribution in [1.82, 2.24) is 0 Å². The van der Waals surface area contributed by atoms with E-state index in [9.17, 15) is 0 Å². The Morgan fingerprint density at radius 1 is 0.424 bits per heavy atom. The van der Waals surface area contributed by atoms with Crippen LogP contribution >= 0.6 is 0 Å². The van der Waals surface area contributed by atoms with E-state index in [-0.39, 0.29) is 0 Å². The average Bonchev–Trinajstić information content (AvgIpc) is 2.94. The van der Waals surface area contributed by atoms with Crippen LogP contribution in [0.15, 0.2) is 103 Å². The number of benzene rings is 4. The van der Waals surface area contributed by atoms with Crippen molar-refractivity contribution in [2.75, 3.05) is 11.9 Å². The fourth-order valence-corrected chi connectivity index (χ4v) is 2.84. The topological polar surface area (TPSA) is 3.24 Å². The Morgan fingerprint density at radius 2 is 0.788 bits per heavy atom. The average molecular weight is 446 g/mol. The Kier molecular flexibility index (Phi) is 21.6. The standard InChI is InChI=1S/C13H13N.C11H10.4C2H6/c1-14(12-8-4-2-5-9-12)13-10-6-3-7-11-13;1-9-5-4-7-10-6-2-3-8-11(9)10;4*1-2/h2-11H,1H3;2-8H,1H3;4*1-2H3. The summed E-state index contributed by atoms with van der Waals surface area (Å²) in [5.74, 6) is 0. The molecule has 0 aliphatic heterocycles. The van der Waals surface area contributed by atoms with Crippen molar-refractivity contribution in [3.8, 4) is 0 Å². The van der Waals surface area contributed by atoms with Crippen LogP contribution in [-0.2, 0) is 0 Å². The van der Waals surface area contributed by atoms with Gasteiger partial charge in [-0.25, -0.2) is 0 Å². The number of hydrogen-bond donors (Lipinski definition) is 0.